The number of nitrogens with two attached hydrogens (primary N) is 1. The van der Waals surface area contributed by atoms with Crippen molar-refractivity contribution in [3.05, 3.63) is 39.1 Å². The van der Waals surface area contributed by atoms with E-state index in [1.807, 2.05) is 11.6 Å². The Labute approximate surface area is 104 Å². The van der Waals surface area contributed by atoms with Crippen molar-refractivity contribution in [2.24, 2.45) is 12.8 Å². The van der Waals surface area contributed by atoms with Crippen molar-refractivity contribution in [1.82, 2.24) is 9.55 Å². The molecule has 0 amide bonds. The smallest absolute Gasteiger partial charge is 0.150 e. The number of imidazole rings is 1. The molecule has 0 fully saturated rings. The van der Waals surface area contributed by atoms with Crippen LogP contribution in [0, 0.1) is 0 Å². The summed E-state index contributed by atoms with van der Waals surface area (Å²) in [5.74, 6) is 0.839. The van der Waals surface area contributed by atoms with Gasteiger partial charge < -0.3 is 10.3 Å². The van der Waals surface area contributed by atoms with Crippen LogP contribution in [0.5, 0.6) is 0 Å². The highest BCUT2D eigenvalue weighted by Gasteiger charge is 2.11. The summed E-state index contributed by atoms with van der Waals surface area (Å²) in [6.07, 6.45) is 1.91. The minimum absolute atomic E-state index is 0.426. The maximum atomic E-state index is 6.09. The molecular formula is C11H14ClN3S. The molecule has 0 bridgehead atoms. The average molecular weight is 256 g/mol. The van der Waals surface area contributed by atoms with Gasteiger partial charge in [0.2, 0.25) is 0 Å². The van der Waals surface area contributed by atoms with Crippen LogP contribution >= 0.6 is 22.9 Å². The van der Waals surface area contributed by atoms with Gasteiger partial charge in [0.05, 0.1) is 12.2 Å². The molecule has 3 nitrogen and oxygen atoms in total. The third-order valence-electron chi connectivity index (χ3n) is 2.63. The first-order valence-corrected chi connectivity index (χ1v) is 6.40. The lowest BCUT2D eigenvalue weighted by Gasteiger charge is -2.03. The number of thiophene rings is 1. The zero-order chi connectivity index (χ0) is 11.5. The monoisotopic (exact) mass is 255 g/mol. The molecular weight excluding hydrogens is 242 g/mol. The minimum atomic E-state index is 0.426. The summed E-state index contributed by atoms with van der Waals surface area (Å²) in [4.78, 5) is 5.60. The number of hydrogen-bond acceptors (Lipinski definition) is 3. The molecule has 2 heterocycles. The van der Waals surface area contributed by atoms with Crippen LogP contribution in [0.2, 0.25) is 5.15 Å². The van der Waals surface area contributed by atoms with Gasteiger partial charge in [-0.2, -0.15) is 0 Å². The van der Waals surface area contributed by atoms with Gasteiger partial charge in [-0.05, 0) is 24.3 Å². The van der Waals surface area contributed by atoms with Crippen LogP contribution in [-0.2, 0) is 26.4 Å². The van der Waals surface area contributed by atoms with E-state index in [4.69, 9.17) is 17.3 Å². The van der Waals surface area contributed by atoms with Crippen molar-refractivity contribution in [2.45, 2.75) is 19.4 Å². The average Bonchev–Trinajstić information content (AvgIpc) is 2.86. The predicted octanol–water partition coefficient (Wildman–Crippen LogP) is 2.38. The fourth-order valence-electron chi connectivity index (χ4n) is 1.70. The van der Waals surface area contributed by atoms with E-state index < -0.39 is 0 Å². The summed E-state index contributed by atoms with van der Waals surface area (Å²) >= 11 is 7.85. The second-order valence-electron chi connectivity index (χ2n) is 3.61. The number of aromatic nitrogens is 2. The molecule has 0 saturated carbocycles. The van der Waals surface area contributed by atoms with Gasteiger partial charge >= 0.3 is 0 Å². The number of hydrogen-bond donors (Lipinski definition) is 1. The topological polar surface area (TPSA) is 43.8 Å². The Balaban J connectivity index is 2.12. The van der Waals surface area contributed by atoms with Crippen molar-refractivity contribution in [1.29, 1.82) is 0 Å². The first kappa shape index (κ1) is 11.6. The van der Waals surface area contributed by atoms with Gasteiger partial charge in [-0.25, -0.2) is 4.98 Å². The summed E-state index contributed by atoms with van der Waals surface area (Å²) in [5, 5.41) is 2.67. The SMILES string of the molecule is Cn1c(CN)nc(Cl)c1CCc1cccs1. The largest absolute Gasteiger partial charge is 0.333 e. The van der Waals surface area contributed by atoms with Gasteiger partial charge in [0, 0.05) is 11.9 Å². The summed E-state index contributed by atoms with van der Waals surface area (Å²) < 4.78 is 2.00. The Morgan fingerprint density at radius 1 is 1.50 bits per heavy atom. The summed E-state index contributed by atoms with van der Waals surface area (Å²) in [6, 6.07) is 4.20. The van der Waals surface area contributed by atoms with Gasteiger partial charge in [-0.1, -0.05) is 17.7 Å². The molecule has 0 saturated heterocycles. The molecule has 2 rings (SSSR count). The summed E-state index contributed by atoms with van der Waals surface area (Å²) in [5.41, 5.74) is 6.65. The van der Waals surface area contributed by atoms with Gasteiger partial charge in [-0.15, -0.1) is 11.3 Å². The second-order valence-corrected chi connectivity index (χ2v) is 5.00. The van der Waals surface area contributed by atoms with Crippen LogP contribution in [0.1, 0.15) is 16.4 Å². The molecule has 2 aromatic heterocycles. The molecule has 0 radical (unpaired) electrons. The normalized spacial score (nSPS) is 10.9. The van der Waals surface area contributed by atoms with Gasteiger partial charge in [0.25, 0.3) is 0 Å². The highest BCUT2D eigenvalue weighted by atomic mass is 35.5. The van der Waals surface area contributed by atoms with Crippen molar-refractivity contribution in [3.8, 4) is 0 Å². The van der Waals surface area contributed by atoms with E-state index in [-0.39, 0.29) is 0 Å². The van der Waals surface area contributed by atoms with Gasteiger partial charge in [0.1, 0.15) is 5.82 Å². The van der Waals surface area contributed by atoms with Crippen molar-refractivity contribution >= 4 is 22.9 Å². The van der Waals surface area contributed by atoms with E-state index in [9.17, 15) is 0 Å². The van der Waals surface area contributed by atoms with Crippen LogP contribution in [-0.4, -0.2) is 9.55 Å². The summed E-state index contributed by atoms with van der Waals surface area (Å²) in [6.45, 7) is 0.426. The maximum absolute atomic E-state index is 6.09. The highest BCUT2D eigenvalue weighted by molar-refractivity contribution is 7.09. The lowest BCUT2D eigenvalue weighted by Crippen LogP contribution is -2.07. The molecule has 0 aliphatic carbocycles. The maximum Gasteiger partial charge on any atom is 0.150 e. The van der Waals surface area contributed by atoms with Crippen LogP contribution in [0.3, 0.4) is 0 Å². The Morgan fingerprint density at radius 2 is 2.31 bits per heavy atom. The molecule has 0 atom stereocenters. The molecule has 0 aliphatic heterocycles. The highest BCUT2D eigenvalue weighted by Crippen LogP contribution is 2.19. The Bertz CT molecular complexity index is 462. The van der Waals surface area contributed by atoms with Crippen LogP contribution in [0.4, 0.5) is 0 Å². The lowest BCUT2D eigenvalue weighted by atomic mass is 10.2. The van der Waals surface area contributed by atoms with Crippen LogP contribution in [0.15, 0.2) is 17.5 Å². The number of rotatable bonds is 4. The second kappa shape index (κ2) is 4.99. The van der Waals surface area contributed by atoms with Crippen molar-refractivity contribution in [3.63, 3.8) is 0 Å². The standard InChI is InChI=1S/C11H14ClN3S/c1-15-9(11(12)14-10(15)7-13)5-4-8-3-2-6-16-8/h2-3,6H,4-5,7,13H2,1H3. The fraction of sp³-hybridized carbons (Fsp3) is 0.364. The molecule has 0 aliphatic rings. The first-order chi connectivity index (χ1) is 7.72. The molecule has 16 heavy (non-hydrogen) atoms. The van der Waals surface area contributed by atoms with Crippen molar-refractivity contribution in [2.75, 3.05) is 0 Å². The van der Waals surface area contributed by atoms with Crippen molar-refractivity contribution < 1.29 is 0 Å². The molecule has 0 unspecified atom stereocenters. The third-order valence-corrected chi connectivity index (χ3v) is 3.87. The van der Waals surface area contributed by atoms with E-state index in [1.165, 1.54) is 4.88 Å². The quantitative estimate of drug-likeness (QED) is 0.912. The predicted molar refractivity (Wildman–Crippen MR) is 67.8 cm³/mol. The Kier molecular flexibility index (Phi) is 3.63. The van der Waals surface area contributed by atoms with E-state index in [2.05, 4.69) is 22.5 Å². The molecule has 2 aromatic rings. The van der Waals surface area contributed by atoms with Crippen LogP contribution < -0.4 is 5.73 Å². The van der Waals surface area contributed by atoms with E-state index in [0.717, 1.165) is 24.4 Å². The zero-order valence-electron chi connectivity index (χ0n) is 9.11. The number of halogens is 1. The number of aryl methyl sites for hydroxylation is 1. The molecule has 0 spiro atoms. The molecule has 86 valence electrons. The third kappa shape index (κ3) is 2.29. The Morgan fingerprint density at radius 3 is 2.88 bits per heavy atom. The van der Waals surface area contributed by atoms with Gasteiger partial charge in [0.15, 0.2) is 5.15 Å². The van der Waals surface area contributed by atoms with E-state index >= 15 is 0 Å². The van der Waals surface area contributed by atoms with E-state index in [0.29, 0.717) is 11.7 Å². The summed E-state index contributed by atoms with van der Waals surface area (Å²) in [7, 11) is 1.96. The zero-order valence-corrected chi connectivity index (χ0v) is 10.7. The van der Waals surface area contributed by atoms with Gasteiger partial charge in [-0.3, -0.25) is 0 Å². The van der Waals surface area contributed by atoms with E-state index in [1.54, 1.807) is 11.3 Å². The first-order valence-electron chi connectivity index (χ1n) is 5.14. The molecule has 5 heteroatoms. The van der Waals surface area contributed by atoms with Crippen LogP contribution in [0.25, 0.3) is 0 Å². The lowest BCUT2D eigenvalue weighted by molar-refractivity contribution is 0.741. The Hall–Kier alpha value is -0.840. The number of nitrogens with zero attached hydrogens (tertiary/aromatic N) is 2. The fourth-order valence-corrected chi connectivity index (χ4v) is 2.72. The molecule has 2 N–H and O–H groups in total. The minimum Gasteiger partial charge on any atom is -0.333 e. The molecule has 0 aromatic carbocycles.